The van der Waals surface area contributed by atoms with Crippen LogP contribution < -0.4 is 16.8 Å². The van der Waals surface area contributed by atoms with Gasteiger partial charge in [0.15, 0.2) is 0 Å². The number of aromatic nitrogens is 1. The first-order valence-electron chi connectivity index (χ1n) is 5.72. The molecular formula is C12H9F3N4O2S. The number of amides is 3. The SMILES string of the molecule is NC(=O)Nc1sc(-c2ccc(C(F)(F)F)cn2)cc1C(N)=O. The molecular weight excluding hydrogens is 321 g/mol. The minimum Gasteiger partial charge on any atom is -0.366 e. The van der Waals surface area contributed by atoms with E-state index in [2.05, 4.69) is 10.3 Å². The number of nitrogens with zero attached hydrogens (tertiary/aromatic N) is 1. The van der Waals surface area contributed by atoms with Gasteiger partial charge in [-0.1, -0.05) is 0 Å². The first kappa shape index (κ1) is 15.8. The molecule has 116 valence electrons. The summed E-state index contributed by atoms with van der Waals surface area (Å²) in [7, 11) is 0. The molecule has 2 aromatic rings. The average molecular weight is 330 g/mol. The van der Waals surface area contributed by atoms with E-state index in [1.807, 2.05) is 0 Å². The number of primary amides is 2. The third kappa shape index (κ3) is 3.34. The molecule has 5 N–H and O–H groups in total. The maximum Gasteiger partial charge on any atom is 0.417 e. The second-order valence-electron chi connectivity index (χ2n) is 4.14. The fourth-order valence-corrected chi connectivity index (χ4v) is 2.66. The van der Waals surface area contributed by atoms with Crippen LogP contribution in [0.3, 0.4) is 0 Å². The molecule has 0 fully saturated rings. The van der Waals surface area contributed by atoms with Crippen LogP contribution >= 0.6 is 11.3 Å². The molecule has 0 aromatic carbocycles. The lowest BCUT2D eigenvalue weighted by Crippen LogP contribution is -2.21. The van der Waals surface area contributed by atoms with E-state index in [1.54, 1.807) is 0 Å². The predicted octanol–water partition coefficient (Wildman–Crippen LogP) is 2.42. The fraction of sp³-hybridized carbons (Fsp3) is 0.0833. The van der Waals surface area contributed by atoms with Crippen molar-refractivity contribution in [1.29, 1.82) is 0 Å². The van der Waals surface area contributed by atoms with Crippen LogP contribution in [-0.2, 0) is 6.18 Å². The molecule has 0 unspecified atom stereocenters. The van der Waals surface area contributed by atoms with Crippen molar-refractivity contribution in [3.05, 3.63) is 35.5 Å². The number of thiophene rings is 1. The Morgan fingerprint density at radius 1 is 1.23 bits per heavy atom. The molecule has 2 rings (SSSR count). The Balaban J connectivity index is 2.40. The number of rotatable bonds is 3. The Morgan fingerprint density at radius 2 is 1.91 bits per heavy atom. The zero-order valence-corrected chi connectivity index (χ0v) is 11.6. The van der Waals surface area contributed by atoms with Gasteiger partial charge < -0.3 is 11.5 Å². The van der Waals surface area contributed by atoms with Crippen molar-refractivity contribution in [2.24, 2.45) is 11.5 Å². The van der Waals surface area contributed by atoms with Crippen molar-refractivity contribution < 1.29 is 22.8 Å². The van der Waals surface area contributed by atoms with Crippen molar-refractivity contribution in [2.75, 3.05) is 5.32 Å². The molecule has 2 heterocycles. The molecule has 0 radical (unpaired) electrons. The van der Waals surface area contributed by atoms with Gasteiger partial charge in [-0.05, 0) is 18.2 Å². The van der Waals surface area contributed by atoms with Crippen LogP contribution in [0.5, 0.6) is 0 Å². The van der Waals surface area contributed by atoms with Crippen LogP contribution in [0.1, 0.15) is 15.9 Å². The second-order valence-corrected chi connectivity index (χ2v) is 5.19. The number of anilines is 1. The van der Waals surface area contributed by atoms with E-state index >= 15 is 0 Å². The molecule has 10 heteroatoms. The summed E-state index contributed by atoms with van der Waals surface area (Å²) < 4.78 is 37.4. The van der Waals surface area contributed by atoms with Gasteiger partial charge in [-0.2, -0.15) is 13.2 Å². The quantitative estimate of drug-likeness (QED) is 0.803. The highest BCUT2D eigenvalue weighted by Gasteiger charge is 2.30. The van der Waals surface area contributed by atoms with E-state index in [1.165, 1.54) is 6.07 Å². The molecule has 0 saturated heterocycles. The summed E-state index contributed by atoms with van der Waals surface area (Å²) in [5.74, 6) is -0.807. The summed E-state index contributed by atoms with van der Waals surface area (Å²) in [5, 5.41) is 2.34. The standard InChI is InChI=1S/C12H9F3N4O2S/c13-12(14,15)5-1-2-7(18-4-5)8-3-6(9(16)20)10(22-8)19-11(17)21/h1-4H,(H2,16,20)(H3,17,19,21). The molecule has 0 aliphatic heterocycles. The van der Waals surface area contributed by atoms with E-state index in [4.69, 9.17) is 11.5 Å². The Labute approximate surface area is 125 Å². The lowest BCUT2D eigenvalue weighted by Gasteiger charge is -2.05. The first-order chi connectivity index (χ1) is 10.2. The summed E-state index contributed by atoms with van der Waals surface area (Å²) >= 11 is 0.926. The van der Waals surface area contributed by atoms with Gasteiger partial charge in [0, 0.05) is 6.20 Å². The summed E-state index contributed by atoms with van der Waals surface area (Å²) in [6.07, 6.45) is -3.81. The number of pyridine rings is 1. The van der Waals surface area contributed by atoms with Gasteiger partial charge in [0.2, 0.25) is 0 Å². The monoisotopic (exact) mass is 330 g/mol. The zero-order chi connectivity index (χ0) is 16.5. The Kier molecular flexibility index (Phi) is 4.04. The summed E-state index contributed by atoms with van der Waals surface area (Å²) in [6, 6.07) is 2.46. The molecule has 2 aromatic heterocycles. The van der Waals surface area contributed by atoms with Gasteiger partial charge in [0.1, 0.15) is 5.00 Å². The van der Waals surface area contributed by atoms with E-state index in [9.17, 15) is 22.8 Å². The number of alkyl halides is 3. The largest absolute Gasteiger partial charge is 0.417 e. The van der Waals surface area contributed by atoms with Crippen molar-refractivity contribution in [3.63, 3.8) is 0 Å². The fourth-order valence-electron chi connectivity index (χ4n) is 1.61. The molecule has 6 nitrogen and oxygen atoms in total. The molecule has 22 heavy (non-hydrogen) atoms. The molecule has 0 saturated carbocycles. The predicted molar refractivity (Wildman–Crippen MR) is 74.3 cm³/mol. The highest BCUT2D eigenvalue weighted by atomic mass is 32.1. The van der Waals surface area contributed by atoms with Crippen LogP contribution in [0.15, 0.2) is 24.4 Å². The van der Waals surface area contributed by atoms with Crippen molar-refractivity contribution >= 4 is 28.3 Å². The number of halogens is 3. The van der Waals surface area contributed by atoms with Crippen LogP contribution in [0.4, 0.5) is 23.0 Å². The molecule has 0 aliphatic carbocycles. The zero-order valence-electron chi connectivity index (χ0n) is 10.8. The van der Waals surface area contributed by atoms with Crippen LogP contribution in [0.25, 0.3) is 10.6 Å². The summed E-state index contributed by atoms with van der Waals surface area (Å²) in [5.41, 5.74) is 9.46. The number of urea groups is 1. The number of hydrogen-bond donors (Lipinski definition) is 3. The number of nitrogens with one attached hydrogen (secondary N) is 1. The smallest absolute Gasteiger partial charge is 0.366 e. The Bertz CT molecular complexity index is 725. The second kappa shape index (κ2) is 5.64. The molecule has 3 amide bonds. The number of carbonyl (C=O) groups excluding carboxylic acids is 2. The van der Waals surface area contributed by atoms with Crippen molar-refractivity contribution in [2.45, 2.75) is 6.18 Å². The third-order valence-corrected chi connectivity index (χ3v) is 3.65. The molecule has 0 aliphatic rings. The average Bonchev–Trinajstić information content (AvgIpc) is 2.81. The molecule has 0 atom stereocenters. The summed E-state index contributed by atoms with van der Waals surface area (Å²) in [4.78, 5) is 26.2. The van der Waals surface area contributed by atoms with Gasteiger partial charge in [-0.3, -0.25) is 15.1 Å². The highest BCUT2D eigenvalue weighted by Crippen LogP contribution is 2.35. The first-order valence-corrected chi connectivity index (χ1v) is 6.54. The van der Waals surface area contributed by atoms with Gasteiger partial charge in [-0.25, -0.2) is 4.79 Å². The number of carbonyl (C=O) groups is 2. The van der Waals surface area contributed by atoms with Crippen LogP contribution in [-0.4, -0.2) is 16.9 Å². The lowest BCUT2D eigenvalue weighted by molar-refractivity contribution is -0.137. The molecule has 0 spiro atoms. The molecule has 0 bridgehead atoms. The number of nitrogens with two attached hydrogens (primary N) is 2. The van der Waals surface area contributed by atoms with Crippen molar-refractivity contribution in [3.8, 4) is 10.6 Å². The lowest BCUT2D eigenvalue weighted by atomic mass is 10.2. The van der Waals surface area contributed by atoms with Gasteiger partial charge in [0.05, 0.1) is 21.7 Å². The van der Waals surface area contributed by atoms with E-state index in [0.717, 1.165) is 23.5 Å². The van der Waals surface area contributed by atoms with Crippen molar-refractivity contribution in [1.82, 2.24) is 4.98 Å². The van der Waals surface area contributed by atoms with E-state index in [-0.39, 0.29) is 16.3 Å². The Morgan fingerprint density at radius 3 is 2.36 bits per heavy atom. The highest BCUT2D eigenvalue weighted by molar-refractivity contribution is 7.20. The van der Waals surface area contributed by atoms with Crippen LogP contribution in [0.2, 0.25) is 0 Å². The van der Waals surface area contributed by atoms with Gasteiger partial charge in [-0.15, -0.1) is 11.3 Å². The van der Waals surface area contributed by atoms with Gasteiger partial charge >= 0.3 is 12.2 Å². The normalized spacial score (nSPS) is 11.2. The maximum absolute atomic E-state index is 12.5. The number of hydrogen-bond acceptors (Lipinski definition) is 4. The summed E-state index contributed by atoms with van der Waals surface area (Å²) in [6.45, 7) is 0. The topological polar surface area (TPSA) is 111 Å². The third-order valence-electron chi connectivity index (χ3n) is 2.58. The van der Waals surface area contributed by atoms with Crippen LogP contribution in [0, 0.1) is 0 Å². The maximum atomic E-state index is 12.5. The Hall–Kier alpha value is -2.62. The van der Waals surface area contributed by atoms with Gasteiger partial charge in [0.25, 0.3) is 5.91 Å². The van der Waals surface area contributed by atoms with E-state index < -0.39 is 23.7 Å². The van der Waals surface area contributed by atoms with E-state index in [0.29, 0.717) is 11.1 Å². The minimum absolute atomic E-state index is 0.000461. The minimum atomic E-state index is -4.49.